The Labute approximate surface area is 108 Å². The average molecular weight is 300 g/mol. The quantitative estimate of drug-likeness (QED) is 0.870. The van der Waals surface area contributed by atoms with Gasteiger partial charge in [0.05, 0.1) is 18.4 Å². The summed E-state index contributed by atoms with van der Waals surface area (Å²) in [6.07, 6.45) is 1.19. The summed E-state index contributed by atoms with van der Waals surface area (Å²) in [5.41, 5.74) is 0.810. The zero-order valence-corrected chi connectivity index (χ0v) is 11.3. The molecule has 0 heterocycles. The lowest BCUT2D eigenvalue weighted by molar-refractivity contribution is -0.116. The Balaban J connectivity index is 2.98. The summed E-state index contributed by atoms with van der Waals surface area (Å²) in [5, 5.41) is 2.69. The molecule has 1 N–H and O–H groups in total. The van der Waals surface area contributed by atoms with E-state index in [0.29, 0.717) is 17.7 Å². The molecule has 1 aromatic carbocycles. The van der Waals surface area contributed by atoms with Crippen molar-refractivity contribution in [1.29, 1.82) is 0 Å². The number of anilines is 1. The summed E-state index contributed by atoms with van der Waals surface area (Å²) in [5.74, 6) is -0.585. The smallest absolute Gasteiger partial charge is 0.340 e. The number of rotatable bonds is 4. The van der Waals surface area contributed by atoms with Crippen LogP contribution in [0.5, 0.6) is 0 Å². The van der Waals surface area contributed by atoms with Gasteiger partial charge >= 0.3 is 5.97 Å². The normalized spacial score (nSPS) is 9.82. The Morgan fingerprint density at radius 1 is 1.41 bits per heavy atom. The molecule has 0 saturated heterocycles. The van der Waals surface area contributed by atoms with Crippen molar-refractivity contribution in [2.45, 2.75) is 19.8 Å². The fraction of sp³-hybridized carbons (Fsp3) is 0.333. The minimum absolute atomic E-state index is 0.111. The third-order valence-corrected chi connectivity index (χ3v) is 2.63. The maximum Gasteiger partial charge on any atom is 0.340 e. The Morgan fingerprint density at radius 3 is 2.71 bits per heavy atom. The molecule has 0 aliphatic carbocycles. The topological polar surface area (TPSA) is 55.4 Å². The average Bonchev–Trinajstić information content (AvgIpc) is 2.30. The summed E-state index contributed by atoms with van der Waals surface area (Å²) in [6, 6.07) is 5.05. The zero-order valence-electron chi connectivity index (χ0n) is 9.75. The minimum Gasteiger partial charge on any atom is -0.465 e. The van der Waals surface area contributed by atoms with Gasteiger partial charge in [-0.2, -0.15) is 0 Å². The van der Waals surface area contributed by atoms with E-state index in [-0.39, 0.29) is 5.91 Å². The highest BCUT2D eigenvalue weighted by molar-refractivity contribution is 9.10. The zero-order chi connectivity index (χ0) is 12.8. The molecule has 0 spiro atoms. The van der Waals surface area contributed by atoms with Gasteiger partial charge in [-0.05, 0) is 24.6 Å². The van der Waals surface area contributed by atoms with Crippen LogP contribution in [0.2, 0.25) is 0 Å². The molecule has 5 heteroatoms. The predicted octanol–water partition coefficient (Wildman–Crippen LogP) is 2.97. The van der Waals surface area contributed by atoms with Gasteiger partial charge in [-0.25, -0.2) is 4.79 Å². The molecule has 92 valence electrons. The van der Waals surface area contributed by atoms with Crippen LogP contribution in [-0.4, -0.2) is 19.0 Å². The van der Waals surface area contributed by atoms with Gasteiger partial charge in [0.15, 0.2) is 0 Å². The van der Waals surface area contributed by atoms with E-state index in [1.807, 2.05) is 6.92 Å². The highest BCUT2D eigenvalue weighted by Gasteiger charge is 2.13. The summed E-state index contributed by atoms with van der Waals surface area (Å²) in [6.45, 7) is 1.92. The molecular formula is C12H14BrNO3. The number of esters is 1. The van der Waals surface area contributed by atoms with Crippen molar-refractivity contribution in [1.82, 2.24) is 0 Å². The van der Waals surface area contributed by atoms with Crippen molar-refractivity contribution in [2.75, 3.05) is 12.4 Å². The number of halogens is 1. The van der Waals surface area contributed by atoms with E-state index < -0.39 is 5.97 Å². The van der Waals surface area contributed by atoms with Crippen LogP contribution in [0, 0.1) is 0 Å². The minimum atomic E-state index is -0.474. The summed E-state index contributed by atoms with van der Waals surface area (Å²) in [7, 11) is 1.31. The van der Waals surface area contributed by atoms with Gasteiger partial charge in [0.1, 0.15) is 0 Å². The molecule has 0 aromatic heterocycles. The maximum absolute atomic E-state index is 11.5. The number of nitrogens with one attached hydrogen (secondary N) is 1. The van der Waals surface area contributed by atoms with E-state index in [4.69, 9.17) is 0 Å². The van der Waals surface area contributed by atoms with Crippen molar-refractivity contribution in [3.8, 4) is 0 Å². The molecule has 1 aromatic rings. The Hall–Kier alpha value is -1.36. The Kier molecular flexibility index (Phi) is 5.15. The molecule has 0 fully saturated rings. The molecular weight excluding hydrogens is 286 g/mol. The SMILES string of the molecule is CCCC(=O)Nc1ccc(Br)cc1C(=O)OC. The number of benzene rings is 1. The molecule has 17 heavy (non-hydrogen) atoms. The first-order chi connectivity index (χ1) is 8.08. The molecule has 0 saturated carbocycles. The second-order valence-corrected chi connectivity index (χ2v) is 4.40. The van der Waals surface area contributed by atoms with Gasteiger partial charge < -0.3 is 10.1 Å². The third-order valence-electron chi connectivity index (χ3n) is 2.14. The highest BCUT2D eigenvalue weighted by Crippen LogP contribution is 2.22. The van der Waals surface area contributed by atoms with Gasteiger partial charge in [-0.3, -0.25) is 4.79 Å². The van der Waals surface area contributed by atoms with Crippen LogP contribution in [0.15, 0.2) is 22.7 Å². The predicted molar refractivity (Wildman–Crippen MR) is 69.0 cm³/mol. The van der Waals surface area contributed by atoms with E-state index in [9.17, 15) is 9.59 Å². The monoisotopic (exact) mass is 299 g/mol. The third kappa shape index (κ3) is 3.85. The molecule has 4 nitrogen and oxygen atoms in total. The van der Waals surface area contributed by atoms with Gasteiger partial charge in [0.25, 0.3) is 0 Å². The molecule has 0 atom stereocenters. The lowest BCUT2D eigenvalue weighted by atomic mass is 10.1. The van der Waals surface area contributed by atoms with E-state index in [1.54, 1.807) is 18.2 Å². The van der Waals surface area contributed by atoms with Gasteiger partial charge in [-0.1, -0.05) is 22.9 Å². The molecule has 0 aliphatic rings. The van der Waals surface area contributed by atoms with Crippen LogP contribution in [0.1, 0.15) is 30.1 Å². The van der Waals surface area contributed by atoms with Crippen molar-refractivity contribution in [2.24, 2.45) is 0 Å². The van der Waals surface area contributed by atoms with Crippen molar-refractivity contribution < 1.29 is 14.3 Å². The first kappa shape index (κ1) is 13.7. The summed E-state index contributed by atoms with van der Waals surface area (Å²) < 4.78 is 5.42. The van der Waals surface area contributed by atoms with Crippen LogP contribution < -0.4 is 5.32 Å². The van der Waals surface area contributed by atoms with Crippen LogP contribution in [0.3, 0.4) is 0 Å². The first-order valence-corrected chi connectivity index (χ1v) is 6.05. The lowest BCUT2D eigenvalue weighted by Gasteiger charge is -2.09. The second kappa shape index (κ2) is 6.39. The van der Waals surface area contributed by atoms with Gasteiger partial charge in [0, 0.05) is 10.9 Å². The molecule has 0 bridgehead atoms. The number of ether oxygens (including phenoxy) is 1. The van der Waals surface area contributed by atoms with Crippen molar-refractivity contribution in [3.05, 3.63) is 28.2 Å². The number of hydrogen-bond donors (Lipinski definition) is 1. The van der Waals surface area contributed by atoms with E-state index in [2.05, 4.69) is 26.0 Å². The second-order valence-electron chi connectivity index (χ2n) is 3.48. The number of amides is 1. The largest absolute Gasteiger partial charge is 0.465 e. The van der Waals surface area contributed by atoms with E-state index in [1.165, 1.54) is 7.11 Å². The first-order valence-electron chi connectivity index (χ1n) is 5.26. The lowest BCUT2D eigenvalue weighted by Crippen LogP contribution is -2.14. The standard InChI is InChI=1S/C12H14BrNO3/c1-3-4-11(15)14-10-6-5-8(13)7-9(10)12(16)17-2/h5-7H,3-4H2,1-2H3,(H,14,15). The highest BCUT2D eigenvalue weighted by atomic mass is 79.9. The number of carbonyl (C=O) groups excluding carboxylic acids is 2. The van der Waals surface area contributed by atoms with Gasteiger partial charge in [-0.15, -0.1) is 0 Å². The van der Waals surface area contributed by atoms with Crippen molar-refractivity contribution in [3.63, 3.8) is 0 Å². The fourth-order valence-electron chi connectivity index (χ4n) is 1.34. The Bertz CT molecular complexity index is 432. The number of hydrogen-bond acceptors (Lipinski definition) is 3. The van der Waals surface area contributed by atoms with Crippen molar-refractivity contribution >= 4 is 33.5 Å². The maximum atomic E-state index is 11.5. The Morgan fingerprint density at radius 2 is 2.12 bits per heavy atom. The summed E-state index contributed by atoms with van der Waals surface area (Å²) in [4.78, 5) is 23.0. The van der Waals surface area contributed by atoms with E-state index in [0.717, 1.165) is 10.9 Å². The molecule has 0 unspecified atom stereocenters. The summed E-state index contributed by atoms with van der Waals surface area (Å²) >= 11 is 3.27. The van der Waals surface area contributed by atoms with Crippen LogP contribution in [-0.2, 0) is 9.53 Å². The van der Waals surface area contributed by atoms with Crippen LogP contribution >= 0.6 is 15.9 Å². The molecule has 0 radical (unpaired) electrons. The number of methoxy groups -OCH3 is 1. The van der Waals surface area contributed by atoms with Gasteiger partial charge in [0.2, 0.25) is 5.91 Å². The fourth-order valence-corrected chi connectivity index (χ4v) is 1.71. The van der Waals surface area contributed by atoms with Crippen LogP contribution in [0.25, 0.3) is 0 Å². The molecule has 0 aliphatic heterocycles. The molecule has 1 rings (SSSR count). The number of carbonyl (C=O) groups is 2. The van der Waals surface area contributed by atoms with Crippen LogP contribution in [0.4, 0.5) is 5.69 Å². The van der Waals surface area contributed by atoms with E-state index >= 15 is 0 Å². The molecule has 1 amide bonds.